The van der Waals surface area contributed by atoms with E-state index in [2.05, 4.69) is 5.10 Å². The lowest BCUT2D eigenvalue weighted by atomic mass is 10.0. The molecule has 108 valence electrons. The summed E-state index contributed by atoms with van der Waals surface area (Å²) in [6.07, 6.45) is -3.03. The molecule has 1 atom stereocenters. The van der Waals surface area contributed by atoms with E-state index in [-0.39, 0.29) is 12.0 Å². The number of aromatic nitrogens is 2. The van der Waals surface area contributed by atoms with Crippen LogP contribution in [0.25, 0.3) is 0 Å². The lowest BCUT2D eigenvalue weighted by molar-refractivity contribution is 0.150. The number of aliphatic hydroxyl groups is 1. The van der Waals surface area contributed by atoms with Crippen molar-refractivity contribution < 1.29 is 13.9 Å². The predicted molar refractivity (Wildman–Crippen MR) is 73.0 cm³/mol. The molecule has 0 radical (unpaired) electrons. The Balaban J connectivity index is 2.17. The fourth-order valence-electron chi connectivity index (χ4n) is 2.07. The number of alkyl halides is 2. The summed E-state index contributed by atoms with van der Waals surface area (Å²) in [6.45, 7) is 1.79. The van der Waals surface area contributed by atoms with Gasteiger partial charge in [-0.05, 0) is 12.5 Å². The Hall–Kier alpha value is -1.46. The van der Waals surface area contributed by atoms with E-state index in [4.69, 9.17) is 11.6 Å². The van der Waals surface area contributed by atoms with Gasteiger partial charge in [0.15, 0.2) is 0 Å². The van der Waals surface area contributed by atoms with E-state index < -0.39 is 12.5 Å². The second-order valence-electron chi connectivity index (χ2n) is 4.66. The van der Waals surface area contributed by atoms with Crippen molar-refractivity contribution in [1.82, 2.24) is 9.78 Å². The minimum absolute atomic E-state index is 0.0599. The van der Waals surface area contributed by atoms with Gasteiger partial charge in [-0.15, -0.1) is 0 Å². The summed E-state index contributed by atoms with van der Waals surface area (Å²) in [5.74, 6) is 0. The summed E-state index contributed by atoms with van der Waals surface area (Å²) >= 11 is 6.12. The van der Waals surface area contributed by atoms with Gasteiger partial charge < -0.3 is 5.11 Å². The van der Waals surface area contributed by atoms with Crippen LogP contribution in [0.3, 0.4) is 0 Å². The second-order valence-corrected chi connectivity index (χ2v) is 5.03. The number of hydrogen-bond acceptors (Lipinski definition) is 2. The van der Waals surface area contributed by atoms with Crippen LogP contribution in [0.2, 0.25) is 5.02 Å². The molecule has 2 rings (SSSR count). The van der Waals surface area contributed by atoms with Crippen LogP contribution in [0, 0.1) is 6.92 Å². The third-order valence-corrected chi connectivity index (χ3v) is 3.71. The molecule has 0 saturated heterocycles. The zero-order chi connectivity index (χ0) is 14.9. The van der Waals surface area contributed by atoms with Crippen molar-refractivity contribution in [2.45, 2.75) is 25.9 Å². The first-order valence-electron chi connectivity index (χ1n) is 6.14. The molecule has 20 heavy (non-hydrogen) atoms. The molecule has 1 aromatic carbocycles. The Morgan fingerprint density at radius 1 is 1.25 bits per heavy atom. The van der Waals surface area contributed by atoms with Gasteiger partial charge in [0.1, 0.15) is 0 Å². The van der Waals surface area contributed by atoms with Crippen LogP contribution < -0.4 is 0 Å². The normalized spacial score (nSPS) is 12.9. The van der Waals surface area contributed by atoms with Crippen molar-refractivity contribution in [2.75, 3.05) is 0 Å². The van der Waals surface area contributed by atoms with E-state index in [1.165, 1.54) is 24.3 Å². The third-order valence-electron chi connectivity index (χ3n) is 3.22. The molecule has 0 aliphatic heterocycles. The van der Waals surface area contributed by atoms with Gasteiger partial charge in [-0.25, -0.2) is 8.78 Å². The molecule has 1 unspecified atom stereocenters. The molecule has 0 saturated carbocycles. The van der Waals surface area contributed by atoms with Crippen molar-refractivity contribution in [3.8, 4) is 0 Å². The van der Waals surface area contributed by atoms with Crippen molar-refractivity contribution in [3.05, 3.63) is 51.8 Å². The number of rotatable bonds is 4. The smallest absolute Gasteiger partial charge is 0.263 e. The summed E-state index contributed by atoms with van der Waals surface area (Å²) < 4.78 is 26.5. The maximum atomic E-state index is 12.5. The lowest BCUT2D eigenvalue weighted by Crippen LogP contribution is -2.07. The summed E-state index contributed by atoms with van der Waals surface area (Å²) in [5.41, 5.74) is 1.93. The van der Waals surface area contributed by atoms with Crippen LogP contribution in [0.5, 0.6) is 0 Å². The maximum absolute atomic E-state index is 12.5. The summed E-state index contributed by atoms with van der Waals surface area (Å²) in [6, 6.07) is 5.64. The van der Waals surface area contributed by atoms with Gasteiger partial charge in [0.2, 0.25) is 0 Å². The molecule has 0 aliphatic rings. The first-order valence-corrected chi connectivity index (χ1v) is 6.52. The number of aliphatic hydroxyl groups excluding tert-OH is 1. The van der Waals surface area contributed by atoms with Crippen molar-refractivity contribution in [2.24, 2.45) is 7.05 Å². The van der Waals surface area contributed by atoms with Gasteiger partial charge in [-0.2, -0.15) is 5.10 Å². The van der Waals surface area contributed by atoms with E-state index in [1.807, 2.05) is 0 Å². The van der Waals surface area contributed by atoms with Gasteiger partial charge in [0, 0.05) is 19.0 Å². The first-order chi connectivity index (χ1) is 9.40. The molecule has 2 aromatic rings. The van der Waals surface area contributed by atoms with Gasteiger partial charge in [-0.3, -0.25) is 4.68 Å². The van der Waals surface area contributed by atoms with Crippen LogP contribution >= 0.6 is 11.6 Å². The van der Waals surface area contributed by atoms with Gasteiger partial charge in [0.25, 0.3) is 6.43 Å². The SMILES string of the molecule is Cc1nn(C)c(CC(O)c2ccc(C(F)F)cc2)c1Cl. The molecular formula is C14H15ClF2N2O. The highest BCUT2D eigenvalue weighted by molar-refractivity contribution is 6.31. The highest BCUT2D eigenvalue weighted by Crippen LogP contribution is 2.27. The lowest BCUT2D eigenvalue weighted by Gasteiger charge is -2.12. The van der Waals surface area contributed by atoms with E-state index in [1.54, 1.807) is 18.7 Å². The largest absolute Gasteiger partial charge is 0.388 e. The highest BCUT2D eigenvalue weighted by Gasteiger charge is 2.17. The Morgan fingerprint density at radius 2 is 1.80 bits per heavy atom. The van der Waals surface area contributed by atoms with Gasteiger partial charge >= 0.3 is 0 Å². The fraction of sp³-hybridized carbons (Fsp3) is 0.357. The van der Waals surface area contributed by atoms with Crippen LogP contribution in [0.15, 0.2) is 24.3 Å². The average molecular weight is 301 g/mol. The minimum Gasteiger partial charge on any atom is -0.388 e. The Bertz CT molecular complexity index is 596. The Morgan fingerprint density at radius 3 is 2.25 bits per heavy atom. The highest BCUT2D eigenvalue weighted by atomic mass is 35.5. The van der Waals surface area contributed by atoms with Crippen molar-refractivity contribution >= 4 is 11.6 Å². The summed E-state index contributed by atoms with van der Waals surface area (Å²) in [4.78, 5) is 0. The minimum atomic E-state index is -2.50. The molecule has 0 bridgehead atoms. The summed E-state index contributed by atoms with van der Waals surface area (Å²) in [7, 11) is 1.75. The number of halogens is 3. The van der Waals surface area contributed by atoms with Crippen LogP contribution in [0.4, 0.5) is 8.78 Å². The standard InChI is InChI=1S/C14H15ClF2N2O/c1-8-13(15)11(19(2)18-8)7-12(20)9-3-5-10(6-4-9)14(16)17/h3-6,12,14,20H,7H2,1-2H3. The first kappa shape index (κ1) is 14.9. The average Bonchev–Trinajstić information content (AvgIpc) is 2.65. The van der Waals surface area contributed by atoms with Crippen molar-refractivity contribution in [3.63, 3.8) is 0 Å². The van der Waals surface area contributed by atoms with E-state index in [0.717, 1.165) is 5.69 Å². The summed E-state index contributed by atoms with van der Waals surface area (Å²) in [5, 5.41) is 14.9. The van der Waals surface area contributed by atoms with Gasteiger partial charge in [0.05, 0.1) is 22.5 Å². The zero-order valence-electron chi connectivity index (χ0n) is 11.1. The maximum Gasteiger partial charge on any atom is 0.263 e. The quantitative estimate of drug-likeness (QED) is 0.937. The molecule has 1 heterocycles. The molecule has 1 N–H and O–H groups in total. The monoisotopic (exact) mass is 300 g/mol. The predicted octanol–water partition coefficient (Wildman–Crippen LogP) is 3.60. The molecule has 0 amide bonds. The van der Waals surface area contributed by atoms with E-state index >= 15 is 0 Å². The number of aryl methyl sites for hydroxylation is 2. The molecule has 1 aromatic heterocycles. The topological polar surface area (TPSA) is 38.0 Å². The third kappa shape index (κ3) is 2.99. The van der Waals surface area contributed by atoms with Crippen LogP contribution in [0.1, 0.15) is 35.0 Å². The second kappa shape index (κ2) is 5.89. The molecular weight excluding hydrogens is 286 g/mol. The fourth-order valence-corrected chi connectivity index (χ4v) is 2.30. The Kier molecular flexibility index (Phi) is 4.40. The molecule has 3 nitrogen and oxygen atoms in total. The molecule has 0 aliphatic carbocycles. The Labute approximate surface area is 120 Å². The molecule has 0 spiro atoms. The van der Waals surface area contributed by atoms with Gasteiger partial charge in [-0.1, -0.05) is 35.9 Å². The van der Waals surface area contributed by atoms with Crippen molar-refractivity contribution in [1.29, 1.82) is 0 Å². The van der Waals surface area contributed by atoms with E-state index in [9.17, 15) is 13.9 Å². The van der Waals surface area contributed by atoms with Crippen LogP contribution in [-0.4, -0.2) is 14.9 Å². The zero-order valence-corrected chi connectivity index (χ0v) is 11.9. The number of hydrogen-bond donors (Lipinski definition) is 1. The van der Waals surface area contributed by atoms with E-state index in [0.29, 0.717) is 16.3 Å². The molecule has 6 heteroatoms. The number of nitrogens with zero attached hydrogens (tertiary/aromatic N) is 2. The number of benzene rings is 1. The molecule has 0 fully saturated rings. The van der Waals surface area contributed by atoms with Crippen LogP contribution in [-0.2, 0) is 13.5 Å².